The van der Waals surface area contributed by atoms with Crippen LogP contribution in [0, 0.1) is 0 Å². The van der Waals surface area contributed by atoms with E-state index in [1.165, 1.54) is 0 Å². The molecule has 4 nitrogen and oxygen atoms in total. The number of esters is 1. The Labute approximate surface area is 206 Å². The maximum absolute atomic E-state index is 12.6. The number of hydrogen-bond acceptors (Lipinski definition) is 4. The van der Waals surface area contributed by atoms with E-state index in [4.69, 9.17) is 14.2 Å². The molecule has 0 aliphatic heterocycles. The second-order valence-corrected chi connectivity index (χ2v) is 8.02. The SMILES string of the molecule is CCC/C=C/Oc1ccc(-c2ccc(C(=O)Oc3ccc(-c4ccc(OC)cc4)cc3)cc2)cc1. The van der Waals surface area contributed by atoms with Crippen molar-refractivity contribution in [2.45, 2.75) is 19.8 Å². The van der Waals surface area contributed by atoms with Crippen LogP contribution in [-0.2, 0) is 0 Å². The topological polar surface area (TPSA) is 44.8 Å². The lowest BCUT2D eigenvalue weighted by Gasteiger charge is -2.08. The molecule has 0 amide bonds. The summed E-state index contributed by atoms with van der Waals surface area (Å²) in [5.74, 6) is 1.71. The number of allylic oxidation sites excluding steroid dienone is 1. The molecule has 35 heavy (non-hydrogen) atoms. The molecular formula is C31H28O4. The van der Waals surface area contributed by atoms with Gasteiger partial charge in [0.25, 0.3) is 0 Å². The first-order chi connectivity index (χ1) is 17.2. The molecule has 0 saturated carbocycles. The van der Waals surface area contributed by atoms with Crippen LogP contribution < -0.4 is 14.2 Å². The third-order valence-electron chi connectivity index (χ3n) is 5.55. The maximum Gasteiger partial charge on any atom is 0.343 e. The highest BCUT2D eigenvalue weighted by Crippen LogP contribution is 2.26. The standard InChI is InChI=1S/C31H28O4/c1-3-4-5-22-34-29-18-12-25(13-19-29)23-6-8-27(9-7-23)31(32)35-30-20-14-26(15-21-30)24-10-16-28(33-2)17-11-24/h5-22H,3-4H2,1-2H3/b22-5+. The largest absolute Gasteiger partial charge is 0.497 e. The summed E-state index contributed by atoms with van der Waals surface area (Å²) in [6.07, 6.45) is 5.84. The predicted octanol–water partition coefficient (Wildman–Crippen LogP) is 7.94. The average molecular weight is 465 g/mol. The van der Waals surface area contributed by atoms with Gasteiger partial charge in [-0.2, -0.15) is 0 Å². The number of hydrogen-bond donors (Lipinski definition) is 0. The van der Waals surface area contributed by atoms with E-state index in [0.717, 1.165) is 46.6 Å². The predicted molar refractivity (Wildman–Crippen MR) is 140 cm³/mol. The highest BCUT2D eigenvalue weighted by atomic mass is 16.5. The van der Waals surface area contributed by atoms with Crippen LogP contribution in [0.15, 0.2) is 109 Å². The lowest BCUT2D eigenvalue weighted by atomic mass is 10.0. The Morgan fingerprint density at radius 2 is 1.11 bits per heavy atom. The van der Waals surface area contributed by atoms with Gasteiger partial charge in [0, 0.05) is 0 Å². The third-order valence-corrected chi connectivity index (χ3v) is 5.55. The summed E-state index contributed by atoms with van der Waals surface area (Å²) in [6, 6.07) is 30.5. The molecule has 0 radical (unpaired) electrons. The van der Waals surface area contributed by atoms with Crippen LogP contribution in [0.4, 0.5) is 0 Å². The number of methoxy groups -OCH3 is 1. The van der Waals surface area contributed by atoms with Gasteiger partial charge < -0.3 is 14.2 Å². The Kier molecular flexibility index (Phi) is 7.97. The van der Waals surface area contributed by atoms with E-state index in [0.29, 0.717) is 11.3 Å². The summed E-state index contributed by atoms with van der Waals surface area (Å²) in [5.41, 5.74) is 4.65. The van der Waals surface area contributed by atoms with Crippen molar-refractivity contribution < 1.29 is 19.0 Å². The number of benzene rings is 4. The van der Waals surface area contributed by atoms with Gasteiger partial charge in [-0.3, -0.25) is 0 Å². The van der Waals surface area contributed by atoms with Crippen molar-refractivity contribution in [2.24, 2.45) is 0 Å². The van der Waals surface area contributed by atoms with E-state index in [1.807, 2.05) is 78.9 Å². The Balaban J connectivity index is 1.36. The van der Waals surface area contributed by atoms with Crippen molar-refractivity contribution in [1.82, 2.24) is 0 Å². The van der Waals surface area contributed by atoms with Gasteiger partial charge in [-0.15, -0.1) is 0 Å². The molecule has 0 bridgehead atoms. The van der Waals surface area contributed by atoms with Gasteiger partial charge in [0.05, 0.1) is 18.9 Å². The summed E-state index contributed by atoms with van der Waals surface area (Å²) >= 11 is 0. The molecule has 0 aliphatic rings. The molecule has 0 aliphatic carbocycles. The molecule has 4 aromatic carbocycles. The van der Waals surface area contributed by atoms with Crippen molar-refractivity contribution in [3.8, 4) is 39.5 Å². The maximum atomic E-state index is 12.6. The highest BCUT2D eigenvalue weighted by molar-refractivity contribution is 5.91. The lowest BCUT2D eigenvalue weighted by molar-refractivity contribution is 0.0735. The Hall–Kier alpha value is -4.31. The summed E-state index contributed by atoms with van der Waals surface area (Å²) in [7, 11) is 1.65. The van der Waals surface area contributed by atoms with Crippen molar-refractivity contribution >= 4 is 5.97 Å². The Morgan fingerprint density at radius 1 is 0.657 bits per heavy atom. The average Bonchev–Trinajstić information content (AvgIpc) is 2.92. The molecule has 0 atom stereocenters. The second-order valence-electron chi connectivity index (χ2n) is 8.02. The summed E-state index contributed by atoms with van der Waals surface area (Å²) in [5, 5.41) is 0. The number of rotatable bonds is 9. The summed E-state index contributed by atoms with van der Waals surface area (Å²) in [4.78, 5) is 12.6. The van der Waals surface area contributed by atoms with Crippen LogP contribution in [0.1, 0.15) is 30.1 Å². The van der Waals surface area contributed by atoms with Gasteiger partial charge in [-0.1, -0.05) is 61.9 Å². The zero-order valence-corrected chi connectivity index (χ0v) is 19.9. The van der Waals surface area contributed by atoms with Gasteiger partial charge >= 0.3 is 5.97 Å². The van der Waals surface area contributed by atoms with Crippen molar-refractivity contribution in [1.29, 1.82) is 0 Å². The first-order valence-electron chi connectivity index (χ1n) is 11.6. The fourth-order valence-electron chi connectivity index (χ4n) is 3.55. The molecule has 0 fully saturated rings. The third kappa shape index (κ3) is 6.39. The molecule has 176 valence electrons. The molecule has 0 spiro atoms. The Morgan fingerprint density at radius 3 is 1.60 bits per heavy atom. The second kappa shape index (κ2) is 11.7. The van der Waals surface area contributed by atoms with Gasteiger partial charge in [0.1, 0.15) is 17.2 Å². The van der Waals surface area contributed by atoms with Crippen LogP contribution in [0.25, 0.3) is 22.3 Å². The Bertz CT molecular complexity index is 1250. The highest BCUT2D eigenvalue weighted by Gasteiger charge is 2.10. The van der Waals surface area contributed by atoms with Crippen LogP contribution in [-0.4, -0.2) is 13.1 Å². The van der Waals surface area contributed by atoms with Crippen molar-refractivity contribution in [3.63, 3.8) is 0 Å². The molecule has 4 rings (SSSR count). The molecular weight excluding hydrogens is 436 g/mol. The number of unbranched alkanes of at least 4 members (excludes halogenated alkanes) is 1. The molecule has 0 aromatic heterocycles. The van der Waals surface area contributed by atoms with Crippen LogP contribution in [0.2, 0.25) is 0 Å². The molecule has 0 N–H and O–H groups in total. The van der Waals surface area contributed by atoms with E-state index >= 15 is 0 Å². The zero-order chi connectivity index (χ0) is 24.5. The first-order valence-corrected chi connectivity index (χ1v) is 11.6. The summed E-state index contributed by atoms with van der Waals surface area (Å²) in [6.45, 7) is 2.13. The number of ether oxygens (including phenoxy) is 3. The van der Waals surface area contributed by atoms with E-state index in [1.54, 1.807) is 37.6 Å². The minimum absolute atomic E-state index is 0.392. The number of carbonyl (C=O) groups excluding carboxylic acids is 1. The minimum Gasteiger partial charge on any atom is -0.497 e. The molecule has 4 aromatic rings. The van der Waals surface area contributed by atoms with Gasteiger partial charge in [-0.25, -0.2) is 4.79 Å². The lowest BCUT2D eigenvalue weighted by Crippen LogP contribution is -2.08. The monoisotopic (exact) mass is 464 g/mol. The van der Waals surface area contributed by atoms with Crippen LogP contribution >= 0.6 is 0 Å². The molecule has 0 saturated heterocycles. The smallest absolute Gasteiger partial charge is 0.343 e. The minimum atomic E-state index is -0.392. The van der Waals surface area contributed by atoms with Crippen LogP contribution in [0.3, 0.4) is 0 Å². The van der Waals surface area contributed by atoms with Crippen molar-refractivity contribution in [3.05, 3.63) is 115 Å². The van der Waals surface area contributed by atoms with Crippen molar-refractivity contribution in [2.75, 3.05) is 7.11 Å². The van der Waals surface area contributed by atoms with E-state index in [9.17, 15) is 4.79 Å². The van der Waals surface area contributed by atoms with Gasteiger partial charge in [0.2, 0.25) is 0 Å². The molecule has 0 unspecified atom stereocenters. The van der Waals surface area contributed by atoms with E-state index < -0.39 is 5.97 Å². The van der Waals surface area contributed by atoms with E-state index in [2.05, 4.69) is 6.92 Å². The normalized spacial score (nSPS) is 10.8. The quantitative estimate of drug-likeness (QED) is 0.143. The molecule has 0 heterocycles. The van der Waals surface area contributed by atoms with Gasteiger partial charge in [0.15, 0.2) is 0 Å². The van der Waals surface area contributed by atoms with Crippen LogP contribution in [0.5, 0.6) is 17.2 Å². The summed E-state index contributed by atoms with van der Waals surface area (Å²) < 4.78 is 16.4. The zero-order valence-electron chi connectivity index (χ0n) is 19.9. The number of carbonyl (C=O) groups is 1. The van der Waals surface area contributed by atoms with Gasteiger partial charge in [-0.05, 0) is 83.3 Å². The molecule has 4 heteroatoms. The fraction of sp³-hybridized carbons (Fsp3) is 0.129. The van der Waals surface area contributed by atoms with E-state index in [-0.39, 0.29) is 0 Å². The fourth-order valence-corrected chi connectivity index (χ4v) is 3.55. The first kappa shape index (κ1) is 23.8.